The van der Waals surface area contributed by atoms with Gasteiger partial charge < -0.3 is 14.8 Å². The van der Waals surface area contributed by atoms with Gasteiger partial charge in [-0.2, -0.15) is 0 Å². The number of aryl methyl sites for hydroxylation is 2. The zero-order valence-electron chi connectivity index (χ0n) is 19.1. The third-order valence-corrected chi connectivity index (χ3v) is 6.96. The van der Waals surface area contributed by atoms with Crippen molar-refractivity contribution in [2.75, 3.05) is 4.90 Å². The Hall–Kier alpha value is -3.22. The number of nitrogens with zero attached hydrogens (tertiary/aromatic N) is 3. The average Bonchev–Trinajstić information content (AvgIpc) is 3.32. The molecule has 1 aliphatic heterocycles. The van der Waals surface area contributed by atoms with Gasteiger partial charge in [-0.05, 0) is 105 Å². The number of nitrogens with one attached hydrogen (secondary N) is 1. The first-order chi connectivity index (χ1) is 16.3. The molecule has 2 unspecified atom stereocenters. The number of halogens is 2. The molecule has 3 heterocycles. The summed E-state index contributed by atoms with van der Waals surface area (Å²) in [5.41, 5.74) is 6.68. The molecule has 4 nitrogen and oxygen atoms in total. The largest absolute Gasteiger partial charge is 0.351 e. The van der Waals surface area contributed by atoms with Crippen molar-refractivity contribution in [1.82, 2.24) is 14.9 Å². The van der Waals surface area contributed by atoms with Gasteiger partial charge in [0.05, 0.1) is 17.8 Å². The molecule has 1 saturated heterocycles. The van der Waals surface area contributed by atoms with E-state index in [1.54, 1.807) is 19.2 Å². The maximum atomic E-state index is 14.1. The number of pyridine rings is 1. The lowest BCUT2D eigenvalue weighted by Gasteiger charge is -2.28. The zero-order chi connectivity index (χ0) is 24.0. The Morgan fingerprint density at radius 2 is 1.71 bits per heavy atom. The van der Waals surface area contributed by atoms with Crippen LogP contribution in [0.4, 0.5) is 10.1 Å². The molecule has 0 amide bonds. The van der Waals surface area contributed by atoms with Gasteiger partial charge in [0.25, 0.3) is 0 Å². The van der Waals surface area contributed by atoms with Crippen LogP contribution < -0.4 is 10.2 Å². The van der Waals surface area contributed by atoms with E-state index in [-0.39, 0.29) is 17.9 Å². The van der Waals surface area contributed by atoms with Crippen molar-refractivity contribution in [2.24, 2.45) is 0 Å². The summed E-state index contributed by atoms with van der Waals surface area (Å²) < 4.78 is 16.3. The first kappa shape index (κ1) is 22.6. The van der Waals surface area contributed by atoms with E-state index in [1.807, 2.05) is 48.5 Å². The predicted molar refractivity (Wildman–Crippen MR) is 139 cm³/mol. The van der Waals surface area contributed by atoms with Crippen molar-refractivity contribution < 1.29 is 4.39 Å². The SMILES string of the molecule is Cc1cc(N2C(=S)NC(c3ccccn3)C2c2cc(C)n(-c3ccc(Cl)cc3)c2C)ccc1F. The van der Waals surface area contributed by atoms with Gasteiger partial charge in [0.15, 0.2) is 5.11 Å². The van der Waals surface area contributed by atoms with E-state index < -0.39 is 0 Å². The van der Waals surface area contributed by atoms with Gasteiger partial charge in [0.1, 0.15) is 5.82 Å². The van der Waals surface area contributed by atoms with Gasteiger partial charge >= 0.3 is 0 Å². The number of rotatable bonds is 4. The van der Waals surface area contributed by atoms with Crippen LogP contribution in [-0.2, 0) is 0 Å². The summed E-state index contributed by atoms with van der Waals surface area (Å²) in [5, 5.41) is 4.76. The summed E-state index contributed by atoms with van der Waals surface area (Å²) in [5.74, 6) is -0.236. The normalized spacial score (nSPS) is 17.8. The van der Waals surface area contributed by atoms with Gasteiger partial charge in [-0.15, -0.1) is 0 Å². The maximum Gasteiger partial charge on any atom is 0.174 e. The monoisotopic (exact) mass is 490 g/mol. The van der Waals surface area contributed by atoms with Crippen molar-refractivity contribution >= 4 is 34.6 Å². The lowest BCUT2D eigenvalue weighted by molar-refractivity contribution is 0.564. The quantitative estimate of drug-likeness (QED) is 0.320. The van der Waals surface area contributed by atoms with E-state index >= 15 is 0 Å². The van der Waals surface area contributed by atoms with E-state index in [0.717, 1.165) is 34.0 Å². The average molecular weight is 491 g/mol. The first-order valence-electron chi connectivity index (χ1n) is 11.1. The minimum absolute atomic E-state index is 0.167. The fraction of sp³-hybridized carbons (Fsp3) is 0.185. The summed E-state index contributed by atoms with van der Waals surface area (Å²) in [6.07, 6.45) is 1.79. The third-order valence-electron chi connectivity index (χ3n) is 6.39. The van der Waals surface area contributed by atoms with Crippen LogP contribution in [0.1, 0.15) is 40.3 Å². The van der Waals surface area contributed by atoms with Gasteiger partial charge in [-0.1, -0.05) is 17.7 Å². The first-order valence-corrected chi connectivity index (χ1v) is 11.9. The number of anilines is 1. The molecule has 0 bridgehead atoms. The molecule has 1 aliphatic rings. The summed E-state index contributed by atoms with van der Waals surface area (Å²) in [6, 6.07) is 20.7. The van der Waals surface area contributed by atoms with Crippen LogP contribution in [0.25, 0.3) is 5.69 Å². The lowest BCUT2D eigenvalue weighted by Crippen LogP contribution is -2.29. The molecule has 4 aromatic rings. The molecule has 5 rings (SSSR count). The second-order valence-corrected chi connectivity index (χ2v) is 9.39. The van der Waals surface area contributed by atoms with Gasteiger partial charge in [-0.25, -0.2) is 4.39 Å². The minimum atomic E-state index is -0.236. The number of hydrogen-bond donors (Lipinski definition) is 1. The molecule has 0 spiro atoms. The molecule has 0 radical (unpaired) electrons. The Kier molecular flexibility index (Phi) is 5.88. The molecule has 0 aliphatic carbocycles. The van der Waals surface area contributed by atoms with Crippen molar-refractivity contribution in [3.05, 3.63) is 112 Å². The number of thiocarbonyl (C=S) groups is 1. The standard InChI is InChI=1S/C27H24ClFN4S/c1-16-14-21(11-12-23(16)29)33-26(25(31-27(33)34)24-6-4-5-13-30-24)22-15-17(2)32(18(22)3)20-9-7-19(28)8-10-20/h4-15,25-26H,1-3H3,(H,31,34). The van der Waals surface area contributed by atoms with Crippen molar-refractivity contribution in [3.63, 3.8) is 0 Å². The van der Waals surface area contributed by atoms with Gasteiger partial charge in [0, 0.05) is 34.0 Å². The Morgan fingerprint density at radius 1 is 0.971 bits per heavy atom. The summed E-state index contributed by atoms with van der Waals surface area (Å²) in [6.45, 7) is 5.97. The summed E-state index contributed by atoms with van der Waals surface area (Å²) >= 11 is 11.9. The lowest BCUT2D eigenvalue weighted by atomic mass is 9.96. The smallest absolute Gasteiger partial charge is 0.174 e. The molecule has 1 fully saturated rings. The highest BCUT2D eigenvalue weighted by atomic mass is 35.5. The number of aromatic nitrogens is 2. The Bertz CT molecular complexity index is 1370. The zero-order valence-corrected chi connectivity index (χ0v) is 20.7. The minimum Gasteiger partial charge on any atom is -0.351 e. The van der Waals surface area contributed by atoms with Gasteiger partial charge in [0.2, 0.25) is 0 Å². The Balaban J connectivity index is 1.68. The van der Waals surface area contributed by atoms with Crippen LogP contribution in [0.15, 0.2) is 72.9 Å². The molecule has 2 aromatic carbocycles. The topological polar surface area (TPSA) is 33.1 Å². The van der Waals surface area contributed by atoms with Crippen molar-refractivity contribution in [3.8, 4) is 5.69 Å². The highest BCUT2D eigenvalue weighted by molar-refractivity contribution is 7.80. The molecule has 2 aromatic heterocycles. The van der Waals surface area contributed by atoms with E-state index in [4.69, 9.17) is 23.8 Å². The molecular weight excluding hydrogens is 467 g/mol. The summed E-state index contributed by atoms with van der Waals surface area (Å²) in [4.78, 5) is 6.71. The van der Waals surface area contributed by atoms with Gasteiger partial charge in [-0.3, -0.25) is 4.98 Å². The summed E-state index contributed by atoms with van der Waals surface area (Å²) in [7, 11) is 0. The van der Waals surface area contributed by atoms with Crippen LogP contribution in [0.5, 0.6) is 0 Å². The molecule has 34 heavy (non-hydrogen) atoms. The molecule has 0 saturated carbocycles. The van der Waals surface area contributed by atoms with Crippen LogP contribution in [0, 0.1) is 26.6 Å². The number of hydrogen-bond acceptors (Lipinski definition) is 2. The van der Waals surface area contributed by atoms with Crippen LogP contribution >= 0.6 is 23.8 Å². The maximum absolute atomic E-state index is 14.1. The second-order valence-electron chi connectivity index (χ2n) is 8.57. The van der Waals surface area contributed by atoms with Crippen molar-refractivity contribution in [1.29, 1.82) is 0 Å². The van der Waals surface area contributed by atoms with Crippen LogP contribution in [-0.4, -0.2) is 14.7 Å². The van der Waals surface area contributed by atoms with Crippen LogP contribution in [0.3, 0.4) is 0 Å². The molecule has 1 N–H and O–H groups in total. The fourth-order valence-electron chi connectivity index (χ4n) is 4.80. The molecule has 7 heteroatoms. The van der Waals surface area contributed by atoms with Crippen LogP contribution in [0.2, 0.25) is 5.02 Å². The van der Waals surface area contributed by atoms with Crippen molar-refractivity contribution in [2.45, 2.75) is 32.9 Å². The van der Waals surface area contributed by atoms with E-state index in [1.165, 1.54) is 6.07 Å². The predicted octanol–water partition coefficient (Wildman–Crippen LogP) is 6.77. The molecule has 172 valence electrons. The second kappa shape index (κ2) is 8.85. The Morgan fingerprint density at radius 3 is 2.38 bits per heavy atom. The highest BCUT2D eigenvalue weighted by Gasteiger charge is 2.42. The van der Waals surface area contributed by atoms with E-state index in [9.17, 15) is 4.39 Å². The van der Waals surface area contributed by atoms with E-state index in [0.29, 0.717) is 15.7 Å². The third kappa shape index (κ3) is 3.87. The highest BCUT2D eigenvalue weighted by Crippen LogP contribution is 2.44. The van der Waals surface area contributed by atoms with E-state index in [2.05, 4.69) is 39.7 Å². The Labute approximate surface area is 209 Å². The molecular formula is C27H24ClFN4S. The number of benzene rings is 2. The molecule has 2 atom stereocenters. The fourth-order valence-corrected chi connectivity index (χ4v) is 5.27.